The molecule has 0 aliphatic heterocycles. The third-order valence-corrected chi connectivity index (χ3v) is 3.29. The van der Waals surface area contributed by atoms with Crippen molar-refractivity contribution < 1.29 is 27.5 Å². The van der Waals surface area contributed by atoms with E-state index in [-0.39, 0.29) is 24.9 Å². The Morgan fingerprint density at radius 3 is 2.36 bits per heavy atom. The van der Waals surface area contributed by atoms with Crippen LogP contribution in [0.1, 0.15) is 18.0 Å². The van der Waals surface area contributed by atoms with Crippen molar-refractivity contribution in [3.8, 4) is 0 Å². The van der Waals surface area contributed by atoms with E-state index in [1.54, 1.807) is 0 Å². The molecule has 0 fully saturated rings. The summed E-state index contributed by atoms with van der Waals surface area (Å²) in [5.74, 6) is -0.320. The predicted octanol–water partition coefficient (Wildman–Crippen LogP) is 2.08. The van der Waals surface area contributed by atoms with Crippen molar-refractivity contribution in [2.75, 3.05) is 33.8 Å². The number of benzene rings is 1. The molecule has 2 N–H and O–H groups in total. The SMILES string of the molecule is CN(C)[C@@H](CNC(=O)CCNC(=O)OCC(F)(F)F)c1ccccc1. The molecule has 0 saturated heterocycles. The Morgan fingerprint density at radius 1 is 1.16 bits per heavy atom. The lowest BCUT2D eigenvalue weighted by Crippen LogP contribution is -2.36. The molecule has 25 heavy (non-hydrogen) atoms. The van der Waals surface area contributed by atoms with Crippen LogP contribution in [0.4, 0.5) is 18.0 Å². The fraction of sp³-hybridized carbons (Fsp3) is 0.500. The van der Waals surface area contributed by atoms with E-state index in [1.807, 2.05) is 49.3 Å². The fourth-order valence-corrected chi connectivity index (χ4v) is 2.05. The van der Waals surface area contributed by atoms with Crippen LogP contribution in [0.15, 0.2) is 30.3 Å². The topological polar surface area (TPSA) is 70.7 Å². The molecule has 0 unspecified atom stereocenters. The van der Waals surface area contributed by atoms with E-state index in [0.717, 1.165) is 5.56 Å². The number of amides is 2. The van der Waals surface area contributed by atoms with E-state index in [2.05, 4.69) is 15.4 Å². The van der Waals surface area contributed by atoms with E-state index in [4.69, 9.17) is 0 Å². The van der Waals surface area contributed by atoms with Gasteiger partial charge < -0.3 is 20.3 Å². The van der Waals surface area contributed by atoms with Crippen molar-refractivity contribution in [2.24, 2.45) is 0 Å². The van der Waals surface area contributed by atoms with E-state index in [0.29, 0.717) is 6.54 Å². The molecule has 1 aromatic carbocycles. The minimum absolute atomic E-state index is 0.0186. The summed E-state index contributed by atoms with van der Waals surface area (Å²) in [6.45, 7) is -1.40. The Bertz CT molecular complexity index is 551. The quantitative estimate of drug-likeness (QED) is 0.744. The van der Waals surface area contributed by atoms with Gasteiger partial charge >= 0.3 is 12.3 Å². The maximum Gasteiger partial charge on any atom is 0.422 e. The molecule has 2 amide bonds. The standard InChI is InChI=1S/C16H22F3N3O3/c1-22(2)13(12-6-4-3-5-7-12)10-21-14(23)8-9-20-15(24)25-11-16(17,18)19/h3-7,13H,8-11H2,1-2H3,(H,20,24)(H,21,23)/t13-/m0/s1. The molecule has 0 saturated carbocycles. The second-order valence-corrected chi connectivity index (χ2v) is 5.56. The van der Waals surface area contributed by atoms with Gasteiger partial charge in [0.2, 0.25) is 5.91 Å². The third-order valence-electron chi connectivity index (χ3n) is 3.29. The Kier molecular flexibility index (Phi) is 8.20. The first kappa shape index (κ1) is 20.8. The summed E-state index contributed by atoms with van der Waals surface area (Å²) in [7, 11) is 3.78. The first-order valence-electron chi connectivity index (χ1n) is 7.64. The van der Waals surface area contributed by atoms with Crippen LogP contribution in [0.5, 0.6) is 0 Å². The Hall–Kier alpha value is -2.29. The molecule has 0 radical (unpaired) electrons. The van der Waals surface area contributed by atoms with E-state index in [1.165, 1.54) is 0 Å². The summed E-state index contributed by atoms with van der Waals surface area (Å²) in [5.41, 5.74) is 1.04. The molecule has 140 valence electrons. The van der Waals surface area contributed by atoms with Gasteiger partial charge in [-0.3, -0.25) is 4.79 Å². The smallest absolute Gasteiger partial charge is 0.422 e. The second kappa shape index (κ2) is 9.87. The van der Waals surface area contributed by atoms with Gasteiger partial charge in [0.15, 0.2) is 6.61 Å². The number of nitrogens with zero attached hydrogens (tertiary/aromatic N) is 1. The number of hydrogen-bond donors (Lipinski definition) is 2. The lowest BCUT2D eigenvalue weighted by Gasteiger charge is -2.25. The molecule has 0 aliphatic carbocycles. The van der Waals surface area contributed by atoms with Crippen LogP contribution in [0.25, 0.3) is 0 Å². The van der Waals surface area contributed by atoms with Gasteiger partial charge in [-0.25, -0.2) is 4.79 Å². The lowest BCUT2D eigenvalue weighted by atomic mass is 10.1. The molecule has 0 aliphatic rings. The fourth-order valence-electron chi connectivity index (χ4n) is 2.05. The first-order chi connectivity index (χ1) is 11.7. The summed E-state index contributed by atoms with van der Waals surface area (Å²) in [6.07, 6.45) is -5.84. The van der Waals surface area contributed by atoms with Gasteiger partial charge in [-0.1, -0.05) is 30.3 Å². The number of nitrogens with one attached hydrogen (secondary N) is 2. The van der Waals surface area contributed by atoms with E-state index < -0.39 is 18.9 Å². The van der Waals surface area contributed by atoms with Gasteiger partial charge in [0.1, 0.15) is 0 Å². The summed E-state index contributed by atoms with van der Waals surface area (Å²) in [5, 5.41) is 4.84. The molecular weight excluding hydrogens is 339 g/mol. The van der Waals surface area contributed by atoms with Gasteiger partial charge in [0, 0.05) is 19.5 Å². The summed E-state index contributed by atoms with van der Waals surface area (Å²) in [6, 6.07) is 9.60. The predicted molar refractivity (Wildman–Crippen MR) is 85.9 cm³/mol. The number of rotatable bonds is 8. The van der Waals surface area contributed by atoms with Gasteiger partial charge in [0.05, 0.1) is 6.04 Å². The number of halogens is 3. The highest BCUT2D eigenvalue weighted by Gasteiger charge is 2.29. The van der Waals surface area contributed by atoms with E-state index in [9.17, 15) is 22.8 Å². The number of alkyl halides is 3. The molecule has 1 aromatic rings. The van der Waals surface area contributed by atoms with Crippen LogP contribution in [0.2, 0.25) is 0 Å². The number of carbonyl (C=O) groups excluding carboxylic acids is 2. The normalized spacial score (nSPS) is 12.6. The largest absolute Gasteiger partial charge is 0.440 e. The molecule has 0 aromatic heterocycles. The molecule has 1 atom stereocenters. The average Bonchev–Trinajstić information content (AvgIpc) is 2.53. The van der Waals surface area contributed by atoms with E-state index >= 15 is 0 Å². The zero-order valence-corrected chi connectivity index (χ0v) is 14.1. The highest BCUT2D eigenvalue weighted by atomic mass is 19.4. The minimum atomic E-state index is -4.58. The van der Waals surface area contributed by atoms with Crippen molar-refractivity contribution in [1.29, 1.82) is 0 Å². The van der Waals surface area contributed by atoms with Crippen molar-refractivity contribution in [1.82, 2.24) is 15.5 Å². The van der Waals surface area contributed by atoms with Crippen LogP contribution in [0.3, 0.4) is 0 Å². The summed E-state index contributed by atoms with van der Waals surface area (Å²) >= 11 is 0. The van der Waals surface area contributed by atoms with Gasteiger partial charge in [-0.2, -0.15) is 13.2 Å². The highest BCUT2D eigenvalue weighted by molar-refractivity contribution is 5.77. The van der Waals surface area contributed by atoms with Crippen LogP contribution < -0.4 is 10.6 Å². The Labute approximate surface area is 144 Å². The van der Waals surface area contributed by atoms with Crippen LogP contribution >= 0.6 is 0 Å². The van der Waals surface area contributed by atoms with Gasteiger partial charge in [0.25, 0.3) is 0 Å². The molecule has 9 heteroatoms. The van der Waals surface area contributed by atoms with Crippen molar-refractivity contribution in [3.63, 3.8) is 0 Å². The number of likely N-dealkylation sites (N-methyl/N-ethyl adjacent to an activating group) is 1. The third kappa shape index (κ3) is 8.94. The first-order valence-corrected chi connectivity index (χ1v) is 7.64. The molecule has 0 bridgehead atoms. The molecule has 0 spiro atoms. The number of alkyl carbamates (subject to hydrolysis) is 1. The lowest BCUT2D eigenvalue weighted by molar-refractivity contribution is -0.160. The van der Waals surface area contributed by atoms with Crippen LogP contribution in [0, 0.1) is 0 Å². The molecule has 6 nitrogen and oxygen atoms in total. The average molecular weight is 361 g/mol. The number of ether oxygens (including phenoxy) is 1. The molecular formula is C16H22F3N3O3. The number of hydrogen-bond acceptors (Lipinski definition) is 4. The second-order valence-electron chi connectivity index (χ2n) is 5.56. The van der Waals surface area contributed by atoms with Crippen LogP contribution in [-0.4, -0.2) is 56.9 Å². The Balaban J connectivity index is 2.31. The molecule has 0 heterocycles. The Morgan fingerprint density at radius 2 is 1.80 bits per heavy atom. The maximum absolute atomic E-state index is 11.9. The maximum atomic E-state index is 11.9. The minimum Gasteiger partial charge on any atom is -0.440 e. The summed E-state index contributed by atoms with van der Waals surface area (Å²) < 4.78 is 39.6. The zero-order valence-electron chi connectivity index (χ0n) is 14.1. The van der Waals surface area contributed by atoms with Gasteiger partial charge in [-0.15, -0.1) is 0 Å². The molecule has 1 rings (SSSR count). The monoisotopic (exact) mass is 361 g/mol. The van der Waals surface area contributed by atoms with Crippen molar-refractivity contribution in [2.45, 2.75) is 18.6 Å². The van der Waals surface area contributed by atoms with Crippen molar-refractivity contribution >= 4 is 12.0 Å². The number of carbonyl (C=O) groups is 2. The highest BCUT2D eigenvalue weighted by Crippen LogP contribution is 2.16. The van der Waals surface area contributed by atoms with Crippen molar-refractivity contribution in [3.05, 3.63) is 35.9 Å². The van der Waals surface area contributed by atoms with Gasteiger partial charge in [-0.05, 0) is 19.7 Å². The van der Waals surface area contributed by atoms with Crippen LogP contribution in [-0.2, 0) is 9.53 Å². The summed E-state index contributed by atoms with van der Waals surface area (Å²) in [4.78, 5) is 24.8. The zero-order chi connectivity index (χ0) is 18.9.